The van der Waals surface area contributed by atoms with Crippen LogP contribution in [-0.4, -0.2) is 11.6 Å². The van der Waals surface area contributed by atoms with Crippen LogP contribution in [-0.2, 0) is 0 Å². The first-order valence-electron chi connectivity index (χ1n) is 4.00. The Morgan fingerprint density at radius 2 is 2.07 bits per heavy atom. The van der Waals surface area contributed by atoms with Crippen molar-refractivity contribution in [3.8, 4) is 0 Å². The summed E-state index contributed by atoms with van der Waals surface area (Å²) in [7, 11) is 0. The fourth-order valence-corrected chi connectivity index (χ4v) is 1.02. The molecular formula is C9H11N4O+. The highest BCUT2D eigenvalue weighted by molar-refractivity contribution is 6.01. The second kappa shape index (κ2) is 4.27. The zero-order chi connectivity index (χ0) is 10.6. The van der Waals surface area contributed by atoms with Gasteiger partial charge in [-0.2, -0.15) is 5.53 Å². The van der Waals surface area contributed by atoms with Crippen molar-refractivity contribution in [3.63, 3.8) is 0 Å². The third-order valence-corrected chi connectivity index (χ3v) is 1.73. The van der Waals surface area contributed by atoms with Gasteiger partial charge < -0.3 is 5.73 Å². The van der Waals surface area contributed by atoms with Crippen LogP contribution in [0.15, 0.2) is 34.6 Å². The second-order valence-corrected chi connectivity index (χ2v) is 2.74. The Hall–Kier alpha value is -2.04. The van der Waals surface area contributed by atoms with Gasteiger partial charge in [-0.25, -0.2) is 0 Å². The normalized spacial score (nSPS) is 11.1. The number of nitrogens with two attached hydrogens (primary N) is 2. The average molecular weight is 191 g/mol. The van der Waals surface area contributed by atoms with E-state index >= 15 is 0 Å². The number of carbonyl (C=O) groups is 1. The molecule has 0 heterocycles. The minimum atomic E-state index is -0.0238. The van der Waals surface area contributed by atoms with Gasteiger partial charge in [-0.05, 0) is 19.1 Å². The molecule has 0 aliphatic rings. The van der Waals surface area contributed by atoms with Crippen LogP contribution < -0.4 is 11.3 Å². The van der Waals surface area contributed by atoms with E-state index in [1.807, 2.05) is 0 Å². The number of benzene rings is 1. The molecule has 0 atom stereocenters. The minimum absolute atomic E-state index is 0.0238. The first kappa shape index (κ1) is 10.0. The van der Waals surface area contributed by atoms with Gasteiger partial charge in [0, 0.05) is 11.1 Å². The maximum Gasteiger partial charge on any atom is 0.273 e. The molecule has 0 radical (unpaired) electrons. The summed E-state index contributed by atoms with van der Waals surface area (Å²) in [4.78, 5) is 11.0. The first-order chi connectivity index (χ1) is 6.65. The van der Waals surface area contributed by atoms with Crippen molar-refractivity contribution in [1.82, 2.24) is 0 Å². The van der Waals surface area contributed by atoms with Gasteiger partial charge in [-0.1, -0.05) is 12.1 Å². The van der Waals surface area contributed by atoms with Gasteiger partial charge in [0.1, 0.15) is 5.22 Å². The van der Waals surface area contributed by atoms with Gasteiger partial charge >= 0.3 is 0 Å². The van der Waals surface area contributed by atoms with Gasteiger partial charge in [0.25, 0.3) is 5.84 Å². The average Bonchev–Trinajstić information content (AvgIpc) is 2.18. The van der Waals surface area contributed by atoms with E-state index in [0.717, 1.165) is 0 Å². The van der Waals surface area contributed by atoms with Crippen LogP contribution in [0.25, 0.3) is 0 Å². The Morgan fingerprint density at radius 3 is 2.64 bits per heavy atom. The van der Waals surface area contributed by atoms with Crippen molar-refractivity contribution in [2.24, 2.45) is 16.1 Å². The lowest BCUT2D eigenvalue weighted by molar-refractivity contribution is -0.221. The summed E-state index contributed by atoms with van der Waals surface area (Å²) in [6.45, 7) is 1.49. The molecule has 0 aliphatic carbocycles. The van der Waals surface area contributed by atoms with Crippen LogP contribution in [0.4, 0.5) is 0 Å². The Kier molecular flexibility index (Phi) is 3.06. The highest BCUT2D eigenvalue weighted by Gasteiger charge is 2.06. The number of amidine groups is 1. The SMILES string of the molecule is CC(=O)c1cccc(/C(N)=N/N=[NH2+])c1. The molecule has 0 spiro atoms. The lowest BCUT2D eigenvalue weighted by atomic mass is 10.1. The standard InChI is InChI=1S/C9H10N4O/c1-6(14)7-3-2-4-8(5-7)9(10)12-13-11/h2-5H,1H3,(H3,10,11,12)/p+1. The van der Waals surface area contributed by atoms with Crippen LogP contribution in [0.3, 0.4) is 0 Å². The topological polar surface area (TPSA) is 93.4 Å². The predicted molar refractivity (Wildman–Crippen MR) is 51.5 cm³/mol. The number of carbonyl (C=O) groups excluding carboxylic acids is 1. The summed E-state index contributed by atoms with van der Waals surface area (Å²) in [5, 5.41) is 6.55. The molecule has 14 heavy (non-hydrogen) atoms. The van der Waals surface area contributed by atoms with Crippen LogP contribution in [0, 0.1) is 0 Å². The molecule has 0 saturated carbocycles. The van der Waals surface area contributed by atoms with Gasteiger partial charge in [0.15, 0.2) is 5.78 Å². The van der Waals surface area contributed by atoms with Crippen molar-refractivity contribution in [2.75, 3.05) is 0 Å². The van der Waals surface area contributed by atoms with E-state index in [1.165, 1.54) is 6.92 Å². The third-order valence-electron chi connectivity index (χ3n) is 1.73. The number of Topliss-reactive ketones (excluding diaryl/α,β-unsaturated/α-hetero) is 1. The van der Waals surface area contributed by atoms with Crippen molar-refractivity contribution in [1.29, 1.82) is 0 Å². The van der Waals surface area contributed by atoms with Crippen molar-refractivity contribution in [3.05, 3.63) is 35.4 Å². The van der Waals surface area contributed by atoms with E-state index in [9.17, 15) is 4.79 Å². The summed E-state index contributed by atoms with van der Waals surface area (Å²) in [6.07, 6.45) is 0. The van der Waals surface area contributed by atoms with Crippen molar-refractivity contribution in [2.45, 2.75) is 6.92 Å². The summed E-state index contributed by atoms with van der Waals surface area (Å²) >= 11 is 0. The Balaban J connectivity index is 3.11. The van der Waals surface area contributed by atoms with E-state index in [-0.39, 0.29) is 11.6 Å². The quantitative estimate of drug-likeness (QED) is 0.226. The summed E-state index contributed by atoms with van der Waals surface area (Å²) in [6, 6.07) is 6.81. The largest absolute Gasteiger partial charge is 0.360 e. The van der Waals surface area contributed by atoms with Gasteiger partial charge in [0.05, 0.1) is 5.10 Å². The van der Waals surface area contributed by atoms with Gasteiger partial charge in [-0.15, -0.1) is 0 Å². The monoisotopic (exact) mass is 191 g/mol. The molecule has 72 valence electrons. The van der Waals surface area contributed by atoms with E-state index in [2.05, 4.69) is 10.3 Å². The molecule has 0 unspecified atom stereocenters. The highest BCUT2D eigenvalue weighted by Crippen LogP contribution is 2.05. The highest BCUT2D eigenvalue weighted by atomic mass is 16.1. The second-order valence-electron chi connectivity index (χ2n) is 2.74. The third kappa shape index (κ3) is 2.22. The predicted octanol–water partition coefficient (Wildman–Crippen LogP) is -0.279. The van der Waals surface area contributed by atoms with Crippen LogP contribution in [0.2, 0.25) is 0 Å². The van der Waals surface area contributed by atoms with E-state index < -0.39 is 0 Å². The number of hydrogen-bond donors (Lipinski definition) is 2. The fraction of sp³-hybridized carbons (Fsp3) is 0.111. The molecule has 5 nitrogen and oxygen atoms in total. The van der Waals surface area contributed by atoms with Gasteiger partial charge in [-0.3, -0.25) is 4.79 Å². The molecule has 1 aromatic carbocycles. The van der Waals surface area contributed by atoms with Crippen LogP contribution in [0.1, 0.15) is 22.8 Å². The summed E-state index contributed by atoms with van der Waals surface area (Å²) in [5.41, 5.74) is 11.6. The van der Waals surface area contributed by atoms with E-state index in [1.54, 1.807) is 24.3 Å². The molecule has 1 aromatic rings. The molecule has 0 amide bonds. The molecule has 0 saturated heterocycles. The van der Waals surface area contributed by atoms with Crippen molar-refractivity contribution < 1.29 is 10.3 Å². The molecule has 5 heteroatoms. The zero-order valence-corrected chi connectivity index (χ0v) is 7.77. The summed E-state index contributed by atoms with van der Waals surface area (Å²) in [5.74, 6) is 0.167. The number of ketones is 1. The number of rotatable bonds is 3. The van der Waals surface area contributed by atoms with E-state index in [0.29, 0.717) is 11.1 Å². The number of hydrogen-bond acceptors (Lipinski definition) is 2. The Morgan fingerprint density at radius 1 is 1.43 bits per heavy atom. The molecule has 1 rings (SSSR count). The maximum absolute atomic E-state index is 11.0. The van der Waals surface area contributed by atoms with E-state index in [4.69, 9.17) is 11.3 Å². The molecule has 0 bridgehead atoms. The molecule has 0 fully saturated rings. The molecule has 0 aliphatic heterocycles. The van der Waals surface area contributed by atoms with Crippen LogP contribution >= 0.6 is 0 Å². The molecule has 4 N–H and O–H groups in total. The zero-order valence-electron chi connectivity index (χ0n) is 7.77. The van der Waals surface area contributed by atoms with Gasteiger partial charge in [0.2, 0.25) is 0 Å². The first-order valence-corrected chi connectivity index (χ1v) is 4.00. The molecular weight excluding hydrogens is 180 g/mol. The Bertz CT molecular complexity index is 398. The van der Waals surface area contributed by atoms with Crippen molar-refractivity contribution >= 4 is 11.6 Å². The Labute approximate surface area is 81.1 Å². The summed E-state index contributed by atoms with van der Waals surface area (Å²) < 4.78 is 0. The smallest absolute Gasteiger partial charge is 0.273 e. The molecule has 0 aromatic heterocycles. The van der Waals surface area contributed by atoms with Crippen LogP contribution in [0.5, 0.6) is 0 Å². The number of nitrogens with zero attached hydrogens (tertiary/aromatic N) is 2. The maximum atomic E-state index is 11.0. The lowest BCUT2D eigenvalue weighted by Gasteiger charge is -1.97. The fourth-order valence-electron chi connectivity index (χ4n) is 1.02. The lowest BCUT2D eigenvalue weighted by Crippen LogP contribution is -2.24. The minimum Gasteiger partial charge on any atom is -0.360 e.